The van der Waals surface area contributed by atoms with Gasteiger partial charge < -0.3 is 5.32 Å². The van der Waals surface area contributed by atoms with Crippen molar-refractivity contribution in [2.24, 2.45) is 29.6 Å². The van der Waals surface area contributed by atoms with E-state index in [1.54, 1.807) is 12.1 Å². The van der Waals surface area contributed by atoms with Crippen LogP contribution in [0.2, 0.25) is 0 Å². The van der Waals surface area contributed by atoms with Gasteiger partial charge in [-0.3, -0.25) is 0 Å². The highest BCUT2D eigenvalue weighted by Crippen LogP contribution is 2.70. The van der Waals surface area contributed by atoms with Crippen molar-refractivity contribution in [3.8, 4) is 0 Å². The minimum absolute atomic E-state index is 0.0603. The molecule has 0 spiro atoms. The van der Waals surface area contributed by atoms with E-state index in [-0.39, 0.29) is 5.82 Å². The summed E-state index contributed by atoms with van der Waals surface area (Å²) < 4.78 is 15.0. The number of hydrogen-bond donors (Lipinski definition) is 1. The molecule has 0 saturated heterocycles. The lowest BCUT2D eigenvalue weighted by atomic mass is 9.93. The fourth-order valence-electron chi connectivity index (χ4n) is 5.47. The lowest BCUT2D eigenvalue weighted by Crippen LogP contribution is -2.35. The topological polar surface area (TPSA) is 12.0 Å². The van der Waals surface area contributed by atoms with Crippen molar-refractivity contribution in [2.75, 3.05) is 6.54 Å². The number of halogens is 2. The lowest BCUT2D eigenvalue weighted by Gasteiger charge is -2.22. The number of likely N-dealkylation sites (N-methyl/N-ethyl adjacent to an activating group) is 1. The number of fused-ring (bicyclic) bond motifs is 5. The zero-order valence-corrected chi connectivity index (χ0v) is 14.1. The van der Waals surface area contributed by atoms with Gasteiger partial charge in [0.15, 0.2) is 0 Å². The highest BCUT2D eigenvalue weighted by molar-refractivity contribution is 9.10. The fraction of sp³-hybridized carbons (Fsp3) is 0.667. The van der Waals surface area contributed by atoms with E-state index in [1.165, 1.54) is 19.3 Å². The summed E-state index contributed by atoms with van der Waals surface area (Å²) in [4.78, 5) is 0. The fourth-order valence-corrected chi connectivity index (χ4v) is 5.88. The van der Waals surface area contributed by atoms with E-state index in [2.05, 4.69) is 28.2 Å². The second kappa shape index (κ2) is 5.34. The Labute approximate surface area is 134 Å². The maximum Gasteiger partial charge on any atom is 0.126 e. The van der Waals surface area contributed by atoms with Crippen molar-refractivity contribution < 1.29 is 4.39 Å². The zero-order valence-electron chi connectivity index (χ0n) is 12.5. The van der Waals surface area contributed by atoms with Gasteiger partial charge in [0.2, 0.25) is 0 Å². The first-order valence-electron chi connectivity index (χ1n) is 8.36. The molecule has 3 fully saturated rings. The molecule has 114 valence electrons. The average molecular weight is 352 g/mol. The molecule has 1 aromatic rings. The van der Waals surface area contributed by atoms with Gasteiger partial charge in [-0.2, -0.15) is 0 Å². The third kappa shape index (κ3) is 2.37. The Morgan fingerprint density at radius 3 is 2.67 bits per heavy atom. The van der Waals surface area contributed by atoms with Crippen LogP contribution >= 0.6 is 15.9 Å². The zero-order chi connectivity index (χ0) is 14.6. The van der Waals surface area contributed by atoms with Crippen LogP contribution in [0, 0.1) is 35.4 Å². The van der Waals surface area contributed by atoms with Crippen LogP contribution in [0.15, 0.2) is 22.7 Å². The molecule has 0 heterocycles. The molecule has 5 unspecified atom stereocenters. The molecule has 3 saturated carbocycles. The number of nitrogens with one attached hydrogen (secondary N) is 1. The Bertz CT molecular complexity index is 530. The molecule has 1 aromatic carbocycles. The van der Waals surface area contributed by atoms with Crippen molar-refractivity contribution in [3.05, 3.63) is 34.1 Å². The summed E-state index contributed by atoms with van der Waals surface area (Å²) in [5, 5.41) is 3.66. The van der Waals surface area contributed by atoms with Gasteiger partial charge in [-0.25, -0.2) is 4.39 Å². The maximum absolute atomic E-state index is 14.1. The van der Waals surface area contributed by atoms with Crippen molar-refractivity contribution in [1.29, 1.82) is 0 Å². The summed E-state index contributed by atoms with van der Waals surface area (Å²) in [5.41, 5.74) is 0.854. The van der Waals surface area contributed by atoms with Crippen LogP contribution in [0.25, 0.3) is 0 Å². The van der Waals surface area contributed by atoms with Crippen molar-refractivity contribution in [2.45, 2.75) is 38.6 Å². The molecule has 3 aliphatic carbocycles. The van der Waals surface area contributed by atoms with Gasteiger partial charge in [-0.1, -0.05) is 22.9 Å². The van der Waals surface area contributed by atoms with E-state index in [4.69, 9.17) is 0 Å². The summed E-state index contributed by atoms with van der Waals surface area (Å²) >= 11 is 3.47. The van der Waals surface area contributed by atoms with Gasteiger partial charge in [-0.15, -0.1) is 0 Å². The van der Waals surface area contributed by atoms with Crippen molar-refractivity contribution >= 4 is 15.9 Å². The second-order valence-electron chi connectivity index (χ2n) is 7.17. The lowest BCUT2D eigenvalue weighted by molar-refractivity contribution is 0.363. The molecular formula is C18H23BrFN. The molecule has 0 amide bonds. The van der Waals surface area contributed by atoms with Gasteiger partial charge in [0.05, 0.1) is 0 Å². The summed E-state index contributed by atoms with van der Waals surface area (Å²) in [6.07, 6.45) is 5.21. The smallest absolute Gasteiger partial charge is 0.126 e. The van der Waals surface area contributed by atoms with Crippen LogP contribution in [0.4, 0.5) is 4.39 Å². The summed E-state index contributed by atoms with van der Waals surface area (Å²) in [7, 11) is 0. The van der Waals surface area contributed by atoms with E-state index >= 15 is 0 Å². The van der Waals surface area contributed by atoms with E-state index in [9.17, 15) is 4.39 Å². The quantitative estimate of drug-likeness (QED) is 0.828. The molecule has 5 atom stereocenters. The van der Waals surface area contributed by atoms with Crippen molar-refractivity contribution in [1.82, 2.24) is 5.32 Å². The van der Waals surface area contributed by atoms with Gasteiger partial charge in [0, 0.05) is 10.5 Å². The monoisotopic (exact) mass is 351 g/mol. The van der Waals surface area contributed by atoms with E-state index < -0.39 is 0 Å². The van der Waals surface area contributed by atoms with Crippen LogP contribution in [0.3, 0.4) is 0 Å². The Balaban J connectivity index is 1.52. The first-order chi connectivity index (χ1) is 10.2. The third-order valence-corrected chi connectivity index (χ3v) is 6.67. The normalized spacial score (nSPS) is 37.6. The molecule has 0 aliphatic heterocycles. The predicted molar refractivity (Wildman–Crippen MR) is 86.6 cm³/mol. The number of rotatable bonds is 5. The Hall–Kier alpha value is -0.410. The predicted octanol–water partition coefficient (Wildman–Crippen LogP) is 4.40. The molecule has 4 rings (SSSR count). The van der Waals surface area contributed by atoms with Crippen LogP contribution < -0.4 is 5.32 Å². The summed E-state index contributed by atoms with van der Waals surface area (Å²) in [5.74, 6) is 4.60. The van der Waals surface area contributed by atoms with Crippen LogP contribution in [0.5, 0.6) is 0 Å². The molecule has 0 aromatic heterocycles. The number of benzene rings is 1. The van der Waals surface area contributed by atoms with Gasteiger partial charge in [-0.05, 0) is 85.6 Å². The molecule has 1 nitrogen and oxygen atoms in total. The highest BCUT2D eigenvalue weighted by atomic mass is 79.9. The van der Waals surface area contributed by atoms with Gasteiger partial charge in [0.25, 0.3) is 0 Å². The average Bonchev–Trinajstić information content (AvgIpc) is 2.89. The van der Waals surface area contributed by atoms with Crippen LogP contribution in [-0.2, 0) is 6.42 Å². The Kier molecular flexibility index (Phi) is 3.61. The Morgan fingerprint density at radius 1 is 1.29 bits per heavy atom. The van der Waals surface area contributed by atoms with E-state index in [0.717, 1.165) is 52.6 Å². The van der Waals surface area contributed by atoms with Gasteiger partial charge >= 0.3 is 0 Å². The molecule has 3 aliphatic rings. The minimum atomic E-state index is -0.0603. The first-order valence-corrected chi connectivity index (χ1v) is 9.15. The maximum atomic E-state index is 14.1. The summed E-state index contributed by atoms with van der Waals surface area (Å²) in [6, 6.07) is 5.77. The van der Waals surface area contributed by atoms with Crippen LogP contribution in [-0.4, -0.2) is 12.6 Å². The molecule has 0 radical (unpaired) electrons. The number of hydrogen-bond acceptors (Lipinski definition) is 1. The van der Waals surface area contributed by atoms with E-state index in [1.807, 2.05) is 6.07 Å². The SMILES string of the molecule is CCNC(Cc1cc(Br)ccc1F)C1C2C3CCC(C3)C21. The largest absolute Gasteiger partial charge is 0.314 e. The molecule has 21 heavy (non-hydrogen) atoms. The molecule has 3 heteroatoms. The first kappa shape index (κ1) is 14.2. The van der Waals surface area contributed by atoms with Crippen molar-refractivity contribution in [3.63, 3.8) is 0 Å². The van der Waals surface area contributed by atoms with Gasteiger partial charge in [0.1, 0.15) is 5.82 Å². The standard InChI is InChI=1S/C18H23BrFN/c1-2-21-15(9-12-8-13(19)5-6-14(12)20)18-16-10-3-4-11(7-10)17(16)18/h5-6,8,10-11,15-18,21H,2-4,7,9H2,1H3. The molecule has 1 N–H and O–H groups in total. The molecule has 2 bridgehead atoms. The minimum Gasteiger partial charge on any atom is -0.314 e. The van der Waals surface area contributed by atoms with E-state index in [0.29, 0.717) is 6.04 Å². The molecular weight excluding hydrogens is 329 g/mol. The van der Waals surface area contributed by atoms with Crippen LogP contribution in [0.1, 0.15) is 31.7 Å². The second-order valence-corrected chi connectivity index (χ2v) is 8.08. The summed E-state index contributed by atoms with van der Waals surface area (Å²) in [6.45, 7) is 3.14. The Morgan fingerprint density at radius 2 is 2.00 bits per heavy atom. The highest BCUT2D eigenvalue weighted by Gasteiger charge is 2.66. The third-order valence-electron chi connectivity index (χ3n) is 6.17.